The van der Waals surface area contributed by atoms with Gasteiger partial charge in [-0.3, -0.25) is 4.79 Å². The molecule has 1 aromatic rings. The van der Waals surface area contributed by atoms with Crippen LogP contribution in [0.4, 0.5) is 0 Å². The Hall–Kier alpha value is -1.31. The van der Waals surface area contributed by atoms with Crippen molar-refractivity contribution in [2.24, 2.45) is 5.92 Å². The Bertz CT molecular complexity index is 330. The van der Waals surface area contributed by atoms with Crippen molar-refractivity contribution in [3.05, 3.63) is 35.9 Å². The van der Waals surface area contributed by atoms with Crippen LogP contribution in [0.1, 0.15) is 38.1 Å². The summed E-state index contributed by atoms with van der Waals surface area (Å²) in [5.74, 6) is 0.624. The molecule has 0 heterocycles. The molecule has 0 unspecified atom stereocenters. The number of carbonyl (C=O) groups excluding carboxylic acids is 1. The van der Waals surface area contributed by atoms with E-state index in [0.29, 0.717) is 5.92 Å². The first-order valence-corrected chi connectivity index (χ1v) is 5.88. The van der Waals surface area contributed by atoms with Gasteiger partial charge in [0, 0.05) is 18.2 Å². The normalized spacial score (nSPS) is 10.9. The molecule has 0 aliphatic heterocycles. The molecule has 0 bridgehead atoms. The number of amides is 1. The molecule has 88 valence electrons. The Morgan fingerprint density at radius 1 is 1.12 bits per heavy atom. The first-order chi connectivity index (χ1) is 7.52. The van der Waals surface area contributed by atoms with Crippen molar-refractivity contribution in [3.63, 3.8) is 0 Å². The molecule has 0 aliphatic rings. The molecule has 0 atom stereocenters. The number of rotatable bonds is 4. The minimum atomic E-state index is 0.129. The second kappa shape index (κ2) is 5.69. The molecular formula is C14H21NO. The first kappa shape index (κ1) is 12.8. The van der Waals surface area contributed by atoms with Gasteiger partial charge in [0.15, 0.2) is 0 Å². The van der Waals surface area contributed by atoms with Crippen LogP contribution in [0, 0.1) is 5.92 Å². The highest BCUT2D eigenvalue weighted by atomic mass is 16.2. The van der Waals surface area contributed by atoms with E-state index in [1.807, 2.05) is 35.2 Å². The van der Waals surface area contributed by atoms with Gasteiger partial charge in [0.05, 0.1) is 0 Å². The van der Waals surface area contributed by atoms with E-state index >= 15 is 0 Å². The Kier molecular flexibility index (Phi) is 4.53. The van der Waals surface area contributed by atoms with Crippen LogP contribution < -0.4 is 0 Å². The van der Waals surface area contributed by atoms with Gasteiger partial charge in [-0.05, 0) is 31.9 Å². The standard InChI is InChI=1S/C14H21NO/c1-11(2)10-15(12(3)4)14(16)13-8-6-5-7-9-13/h5-9,11-12H,10H2,1-4H3. The molecule has 1 aromatic carbocycles. The van der Waals surface area contributed by atoms with Crippen molar-refractivity contribution in [3.8, 4) is 0 Å². The van der Waals surface area contributed by atoms with Crippen molar-refractivity contribution >= 4 is 5.91 Å². The second-order valence-corrected chi connectivity index (χ2v) is 4.81. The van der Waals surface area contributed by atoms with Crippen molar-refractivity contribution in [1.29, 1.82) is 0 Å². The van der Waals surface area contributed by atoms with Crippen LogP contribution in [0.5, 0.6) is 0 Å². The highest BCUT2D eigenvalue weighted by Crippen LogP contribution is 2.10. The fraction of sp³-hybridized carbons (Fsp3) is 0.500. The molecule has 0 spiro atoms. The summed E-state index contributed by atoms with van der Waals surface area (Å²) >= 11 is 0. The van der Waals surface area contributed by atoms with Crippen LogP contribution in [0.25, 0.3) is 0 Å². The minimum Gasteiger partial charge on any atom is -0.336 e. The maximum absolute atomic E-state index is 12.2. The van der Waals surface area contributed by atoms with Gasteiger partial charge in [-0.15, -0.1) is 0 Å². The van der Waals surface area contributed by atoms with Gasteiger partial charge in [-0.2, -0.15) is 0 Å². The third-order valence-electron chi connectivity index (χ3n) is 2.47. The van der Waals surface area contributed by atoms with E-state index in [-0.39, 0.29) is 11.9 Å². The lowest BCUT2D eigenvalue weighted by Crippen LogP contribution is -2.39. The van der Waals surface area contributed by atoms with Crippen LogP contribution in [0.15, 0.2) is 30.3 Å². The minimum absolute atomic E-state index is 0.129. The number of carbonyl (C=O) groups is 1. The van der Waals surface area contributed by atoms with Crippen LogP contribution in [0.2, 0.25) is 0 Å². The summed E-state index contributed by atoms with van der Waals surface area (Å²) in [6, 6.07) is 9.73. The molecule has 2 heteroatoms. The summed E-state index contributed by atoms with van der Waals surface area (Å²) in [6.45, 7) is 9.19. The Morgan fingerprint density at radius 2 is 1.69 bits per heavy atom. The van der Waals surface area contributed by atoms with E-state index in [4.69, 9.17) is 0 Å². The molecule has 1 amide bonds. The molecule has 16 heavy (non-hydrogen) atoms. The van der Waals surface area contributed by atoms with E-state index in [2.05, 4.69) is 27.7 Å². The van der Waals surface area contributed by atoms with Gasteiger partial charge in [0.1, 0.15) is 0 Å². The van der Waals surface area contributed by atoms with Gasteiger partial charge < -0.3 is 4.90 Å². The maximum Gasteiger partial charge on any atom is 0.254 e. The number of benzene rings is 1. The summed E-state index contributed by atoms with van der Waals surface area (Å²) in [6.07, 6.45) is 0. The first-order valence-electron chi connectivity index (χ1n) is 5.88. The Balaban J connectivity index is 2.83. The van der Waals surface area contributed by atoms with Crippen molar-refractivity contribution in [2.45, 2.75) is 33.7 Å². The topological polar surface area (TPSA) is 20.3 Å². The molecule has 2 nitrogen and oxygen atoms in total. The van der Waals surface area contributed by atoms with Crippen molar-refractivity contribution in [2.75, 3.05) is 6.54 Å². The summed E-state index contributed by atoms with van der Waals surface area (Å²) in [4.78, 5) is 14.2. The van der Waals surface area contributed by atoms with Gasteiger partial charge in [0.25, 0.3) is 5.91 Å². The molecule has 0 N–H and O–H groups in total. The molecule has 0 aliphatic carbocycles. The zero-order valence-corrected chi connectivity index (χ0v) is 10.6. The third kappa shape index (κ3) is 3.37. The van der Waals surface area contributed by atoms with E-state index < -0.39 is 0 Å². The molecule has 0 aromatic heterocycles. The number of hydrogen-bond acceptors (Lipinski definition) is 1. The lowest BCUT2D eigenvalue weighted by atomic mass is 10.1. The van der Waals surface area contributed by atoms with Crippen LogP contribution >= 0.6 is 0 Å². The fourth-order valence-corrected chi connectivity index (χ4v) is 1.67. The Labute approximate surface area is 98.3 Å². The molecular weight excluding hydrogens is 198 g/mol. The zero-order chi connectivity index (χ0) is 12.1. The van der Waals surface area contributed by atoms with E-state index in [9.17, 15) is 4.79 Å². The van der Waals surface area contributed by atoms with E-state index in [0.717, 1.165) is 12.1 Å². The van der Waals surface area contributed by atoms with E-state index in [1.165, 1.54) is 0 Å². The highest BCUT2D eigenvalue weighted by Gasteiger charge is 2.18. The van der Waals surface area contributed by atoms with Crippen LogP contribution in [-0.4, -0.2) is 23.4 Å². The molecule has 0 saturated heterocycles. The quantitative estimate of drug-likeness (QED) is 0.761. The Morgan fingerprint density at radius 3 is 2.12 bits per heavy atom. The average Bonchev–Trinajstić information content (AvgIpc) is 2.25. The monoisotopic (exact) mass is 219 g/mol. The number of hydrogen-bond donors (Lipinski definition) is 0. The predicted octanol–water partition coefficient (Wildman–Crippen LogP) is 3.19. The fourth-order valence-electron chi connectivity index (χ4n) is 1.67. The van der Waals surface area contributed by atoms with Gasteiger partial charge in [-0.1, -0.05) is 32.0 Å². The molecule has 0 saturated carbocycles. The zero-order valence-electron chi connectivity index (χ0n) is 10.6. The molecule has 1 rings (SSSR count). The SMILES string of the molecule is CC(C)CN(C(=O)c1ccccc1)C(C)C. The smallest absolute Gasteiger partial charge is 0.254 e. The van der Waals surface area contributed by atoms with Crippen molar-refractivity contribution < 1.29 is 4.79 Å². The number of nitrogens with zero attached hydrogens (tertiary/aromatic N) is 1. The largest absolute Gasteiger partial charge is 0.336 e. The summed E-state index contributed by atoms with van der Waals surface area (Å²) in [5.41, 5.74) is 0.775. The second-order valence-electron chi connectivity index (χ2n) is 4.81. The molecule has 0 fully saturated rings. The van der Waals surface area contributed by atoms with Crippen molar-refractivity contribution in [1.82, 2.24) is 4.90 Å². The average molecular weight is 219 g/mol. The third-order valence-corrected chi connectivity index (χ3v) is 2.47. The van der Waals surface area contributed by atoms with Gasteiger partial charge in [0.2, 0.25) is 0 Å². The lowest BCUT2D eigenvalue weighted by molar-refractivity contribution is 0.0682. The summed E-state index contributed by atoms with van der Waals surface area (Å²) in [7, 11) is 0. The predicted molar refractivity (Wildman–Crippen MR) is 67.5 cm³/mol. The lowest BCUT2D eigenvalue weighted by Gasteiger charge is -2.28. The van der Waals surface area contributed by atoms with Gasteiger partial charge >= 0.3 is 0 Å². The maximum atomic E-state index is 12.2. The summed E-state index contributed by atoms with van der Waals surface area (Å²) < 4.78 is 0. The van der Waals surface area contributed by atoms with Gasteiger partial charge in [-0.25, -0.2) is 0 Å². The van der Waals surface area contributed by atoms with E-state index in [1.54, 1.807) is 0 Å². The van der Waals surface area contributed by atoms with Crippen LogP contribution in [0.3, 0.4) is 0 Å². The van der Waals surface area contributed by atoms with Crippen LogP contribution in [-0.2, 0) is 0 Å². The molecule has 0 radical (unpaired) electrons. The highest BCUT2D eigenvalue weighted by molar-refractivity contribution is 5.94. The summed E-state index contributed by atoms with van der Waals surface area (Å²) in [5, 5.41) is 0.